The molecule has 0 bridgehead atoms. The minimum Gasteiger partial charge on any atom is -0.492 e. The van der Waals surface area contributed by atoms with E-state index in [9.17, 15) is 4.79 Å². The molecule has 0 saturated heterocycles. The highest BCUT2D eigenvalue weighted by atomic mass is 32.1. The van der Waals surface area contributed by atoms with Crippen molar-refractivity contribution >= 4 is 17.3 Å². The monoisotopic (exact) mass is 360 g/mol. The molecule has 130 valence electrons. The Kier molecular flexibility index (Phi) is 4.94. The number of thiazole rings is 1. The molecule has 9 heteroatoms. The molecular weight excluding hydrogens is 344 g/mol. The van der Waals surface area contributed by atoms with Crippen LogP contribution in [0.15, 0.2) is 30.5 Å². The fourth-order valence-electron chi connectivity index (χ4n) is 2.16. The highest BCUT2D eigenvalue weighted by molar-refractivity contribution is 7.15. The van der Waals surface area contributed by atoms with E-state index >= 15 is 0 Å². The number of carboxylic acids is 1. The minimum absolute atomic E-state index is 0.189. The van der Waals surface area contributed by atoms with E-state index in [0.29, 0.717) is 30.5 Å². The predicted octanol–water partition coefficient (Wildman–Crippen LogP) is 2.50. The number of benzene rings is 1. The van der Waals surface area contributed by atoms with Crippen molar-refractivity contribution in [1.82, 2.24) is 20.0 Å². The molecule has 0 fully saturated rings. The van der Waals surface area contributed by atoms with Gasteiger partial charge in [0, 0.05) is 0 Å². The SMILES string of the molecule is COc1nc(-c2cn(CCOc3cccc(C(=O)O)c3)nn2)sc1C. The molecule has 25 heavy (non-hydrogen) atoms. The lowest BCUT2D eigenvalue weighted by Crippen LogP contribution is -2.09. The van der Waals surface area contributed by atoms with E-state index in [1.165, 1.54) is 23.5 Å². The Hall–Kier alpha value is -2.94. The van der Waals surface area contributed by atoms with Crippen molar-refractivity contribution in [2.75, 3.05) is 13.7 Å². The maximum atomic E-state index is 10.9. The first kappa shape index (κ1) is 16.9. The molecule has 0 spiro atoms. The average Bonchev–Trinajstić information content (AvgIpc) is 3.21. The van der Waals surface area contributed by atoms with Crippen LogP contribution in [0.3, 0.4) is 0 Å². The summed E-state index contributed by atoms with van der Waals surface area (Å²) in [6.45, 7) is 2.75. The van der Waals surface area contributed by atoms with Crippen molar-refractivity contribution in [3.63, 3.8) is 0 Å². The summed E-state index contributed by atoms with van der Waals surface area (Å²) in [5, 5.41) is 17.9. The van der Waals surface area contributed by atoms with E-state index in [1.54, 1.807) is 30.1 Å². The molecule has 0 saturated carbocycles. The van der Waals surface area contributed by atoms with E-state index in [4.69, 9.17) is 14.6 Å². The lowest BCUT2D eigenvalue weighted by Gasteiger charge is -2.06. The van der Waals surface area contributed by atoms with Crippen molar-refractivity contribution in [3.05, 3.63) is 40.9 Å². The average molecular weight is 360 g/mol. The van der Waals surface area contributed by atoms with Crippen LogP contribution in [0.4, 0.5) is 0 Å². The smallest absolute Gasteiger partial charge is 0.335 e. The molecule has 0 unspecified atom stereocenters. The Morgan fingerprint density at radius 3 is 2.96 bits per heavy atom. The minimum atomic E-state index is -0.986. The summed E-state index contributed by atoms with van der Waals surface area (Å²) >= 11 is 1.49. The van der Waals surface area contributed by atoms with Gasteiger partial charge in [0.15, 0.2) is 0 Å². The van der Waals surface area contributed by atoms with Crippen molar-refractivity contribution < 1.29 is 19.4 Å². The Morgan fingerprint density at radius 1 is 1.40 bits per heavy atom. The van der Waals surface area contributed by atoms with Gasteiger partial charge in [-0.05, 0) is 25.1 Å². The van der Waals surface area contributed by atoms with E-state index in [0.717, 1.165) is 9.88 Å². The fourth-order valence-corrected chi connectivity index (χ4v) is 3.00. The molecule has 0 amide bonds. The zero-order valence-corrected chi connectivity index (χ0v) is 14.5. The van der Waals surface area contributed by atoms with Gasteiger partial charge in [-0.3, -0.25) is 0 Å². The van der Waals surface area contributed by atoms with Gasteiger partial charge in [0.05, 0.1) is 30.3 Å². The molecule has 3 rings (SSSR count). The summed E-state index contributed by atoms with van der Waals surface area (Å²) in [4.78, 5) is 16.3. The largest absolute Gasteiger partial charge is 0.492 e. The zero-order chi connectivity index (χ0) is 17.8. The van der Waals surface area contributed by atoms with Crippen LogP contribution in [-0.2, 0) is 6.54 Å². The first-order valence-corrected chi connectivity index (χ1v) is 8.26. The summed E-state index contributed by atoms with van der Waals surface area (Å²) in [5.41, 5.74) is 0.859. The Balaban J connectivity index is 1.60. The van der Waals surface area contributed by atoms with Crippen LogP contribution in [0.2, 0.25) is 0 Å². The van der Waals surface area contributed by atoms with E-state index < -0.39 is 5.97 Å². The lowest BCUT2D eigenvalue weighted by atomic mass is 10.2. The molecule has 3 aromatic rings. The van der Waals surface area contributed by atoms with Gasteiger partial charge >= 0.3 is 5.97 Å². The van der Waals surface area contributed by atoms with Crippen LogP contribution in [0, 0.1) is 6.92 Å². The number of carbonyl (C=O) groups is 1. The summed E-state index contributed by atoms with van der Waals surface area (Å²) in [5.74, 6) is 0.109. The Morgan fingerprint density at radius 2 is 2.24 bits per heavy atom. The number of nitrogens with zero attached hydrogens (tertiary/aromatic N) is 4. The third kappa shape index (κ3) is 3.94. The molecule has 2 heterocycles. The van der Waals surface area contributed by atoms with E-state index in [-0.39, 0.29) is 5.56 Å². The number of ether oxygens (including phenoxy) is 2. The molecule has 0 aliphatic heterocycles. The normalized spacial score (nSPS) is 10.6. The standard InChI is InChI=1S/C16H16N4O4S/c1-10-14(23-2)17-15(25-10)13-9-20(19-18-13)6-7-24-12-5-3-4-11(8-12)16(21)22/h3-5,8-9H,6-7H2,1-2H3,(H,21,22). The van der Waals surface area contributed by atoms with Gasteiger partial charge in [-0.1, -0.05) is 11.3 Å². The van der Waals surface area contributed by atoms with Gasteiger partial charge in [0.1, 0.15) is 23.1 Å². The molecule has 1 aromatic carbocycles. The molecule has 0 atom stereocenters. The molecule has 0 radical (unpaired) electrons. The first-order chi connectivity index (χ1) is 12.1. The van der Waals surface area contributed by atoms with Gasteiger partial charge < -0.3 is 14.6 Å². The Labute approximate surface area is 147 Å². The second-order valence-corrected chi connectivity index (χ2v) is 6.34. The van der Waals surface area contributed by atoms with Crippen molar-refractivity contribution in [3.8, 4) is 22.3 Å². The van der Waals surface area contributed by atoms with Crippen LogP contribution in [0.1, 0.15) is 15.2 Å². The molecular formula is C16H16N4O4S. The predicted molar refractivity (Wildman–Crippen MR) is 91.3 cm³/mol. The van der Waals surface area contributed by atoms with Gasteiger partial charge in [-0.15, -0.1) is 16.4 Å². The second kappa shape index (κ2) is 7.31. The summed E-state index contributed by atoms with van der Waals surface area (Å²) in [6.07, 6.45) is 1.79. The molecule has 0 aliphatic rings. The molecule has 1 N–H and O–H groups in total. The van der Waals surface area contributed by atoms with Crippen molar-refractivity contribution in [2.45, 2.75) is 13.5 Å². The number of hydrogen-bond acceptors (Lipinski definition) is 7. The zero-order valence-electron chi connectivity index (χ0n) is 13.7. The van der Waals surface area contributed by atoms with Crippen molar-refractivity contribution in [1.29, 1.82) is 0 Å². The third-order valence-electron chi connectivity index (χ3n) is 3.38. The first-order valence-electron chi connectivity index (χ1n) is 7.45. The summed E-state index contributed by atoms with van der Waals surface area (Å²) in [7, 11) is 1.58. The quantitative estimate of drug-likeness (QED) is 0.691. The summed E-state index contributed by atoms with van der Waals surface area (Å²) in [6, 6.07) is 6.36. The third-order valence-corrected chi connectivity index (χ3v) is 4.35. The van der Waals surface area contributed by atoms with Crippen LogP contribution >= 0.6 is 11.3 Å². The van der Waals surface area contributed by atoms with Gasteiger partial charge in [-0.25, -0.2) is 9.48 Å². The molecule has 0 aliphatic carbocycles. The van der Waals surface area contributed by atoms with Crippen LogP contribution in [0.5, 0.6) is 11.6 Å². The number of rotatable bonds is 7. The van der Waals surface area contributed by atoms with Gasteiger partial charge in [-0.2, -0.15) is 4.98 Å². The van der Waals surface area contributed by atoms with Crippen LogP contribution < -0.4 is 9.47 Å². The summed E-state index contributed by atoms with van der Waals surface area (Å²) < 4.78 is 12.4. The highest BCUT2D eigenvalue weighted by Crippen LogP contribution is 2.30. The van der Waals surface area contributed by atoms with E-state index in [1.807, 2.05) is 6.92 Å². The number of hydrogen-bond donors (Lipinski definition) is 1. The van der Waals surface area contributed by atoms with Gasteiger partial charge in [0.25, 0.3) is 0 Å². The number of carboxylic acid groups (broad SMARTS) is 1. The number of methoxy groups -OCH3 is 1. The van der Waals surface area contributed by atoms with Gasteiger partial charge in [0.2, 0.25) is 5.88 Å². The van der Waals surface area contributed by atoms with Crippen LogP contribution in [0.25, 0.3) is 10.7 Å². The Bertz CT molecular complexity index is 890. The number of aromatic nitrogens is 4. The fraction of sp³-hybridized carbons (Fsp3) is 0.250. The second-order valence-electron chi connectivity index (χ2n) is 5.13. The number of aromatic carboxylic acids is 1. The van der Waals surface area contributed by atoms with E-state index in [2.05, 4.69) is 15.3 Å². The highest BCUT2D eigenvalue weighted by Gasteiger charge is 2.13. The maximum Gasteiger partial charge on any atom is 0.335 e. The maximum absolute atomic E-state index is 10.9. The lowest BCUT2D eigenvalue weighted by molar-refractivity contribution is 0.0696. The number of aryl methyl sites for hydroxylation is 1. The van der Waals surface area contributed by atoms with Crippen LogP contribution in [-0.4, -0.2) is 44.8 Å². The molecule has 2 aromatic heterocycles. The van der Waals surface area contributed by atoms with Crippen molar-refractivity contribution in [2.24, 2.45) is 0 Å². The topological polar surface area (TPSA) is 99.4 Å². The molecule has 8 nitrogen and oxygen atoms in total.